The number of hydrogen-bond donors (Lipinski definition) is 0. The van der Waals surface area contributed by atoms with Crippen molar-refractivity contribution in [1.29, 1.82) is 0 Å². The third-order valence-corrected chi connectivity index (χ3v) is 9.22. The summed E-state index contributed by atoms with van der Waals surface area (Å²) in [4.78, 5) is 23.7. The Bertz CT molecular complexity index is 1300. The van der Waals surface area contributed by atoms with Crippen LogP contribution in [0.5, 0.6) is 11.5 Å². The Balaban J connectivity index is 1.32. The molecule has 0 atom stereocenters. The first kappa shape index (κ1) is 43.1. The molecule has 0 amide bonds. The molecule has 6 nitrogen and oxygen atoms in total. The highest BCUT2D eigenvalue weighted by Crippen LogP contribution is 2.42. The minimum atomic E-state index is -0.389. The Labute approximate surface area is 315 Å². The fourth-order valence-electron chi connectivity index (χ4n) is 6.71. The highest BCUT2D eigenvalue weighted by molar-refractivity contribution is 6.11. The van der Waals surface area contributed by atoms with E-state index in [-0.39, 0.29) is 23.1 Å². The van der Waals surface area contributed by atoms with Crippen LogP contribution >= 0.6 is 0 Å². The topological polar surface area (TPSA) is 71.1 Å². The Morgan fingerprint density at radius 3 is 0.923 bits per heavy atom. The number of rotatable bonds is 26. The van der Waals surface area contributed by atoms with E-state index in [0.29, 0.717) is 26.1 Å². The summed E-state index contributed by atoms with van der Waals surface area (Å²) in [5.74, 6) is 1.78. The van der Waals surface area contributed by atoms with Gasteiger partial charge in [0.05, 0.1) is 13.2 Å². The zero-order valence-electron chi connectivity index (χ0n) is 33.6. The predicted octanol–water partition coefficient (Wildman–Crippen LogP) is 13.2. The van der Waals surface area contributed by atoms with Gasteiger partial charge in [-0.1, -0.05) is 138 Å². The van der Waals surface area contributed by atoms with Crippen LogP contribution in [0.4, 0.5) is 0 Å². The fraction of sp³-hybridized carbons (Fsp3) is 0.652. The van der Waals surface area contributed by atoms with Gasteiger partial charge in [0.1, 0.15) is 22.7 Å². The second-order valence-electron chi connectivity index (χ2n) is 16.5. The molecule has 0 aliphatic carbocycles. The molecular formula is C46H70O6. The van der Waals surface area contributed by atoms with E-state index in [2.05, 4.69) is 48.5 Å². The second-order valence-corrected chi connectivity index (χ2v) is 16.5. The Morgan fingerprint density at radius 1 is 0.404 bits per heavy atom. The van der Waals surface area contributed by atoms with Gasteiger partial charge in [-0.3, -0.25) is 9.59 Å². The van der Waals surface area contributed by atoms with E-state index in [1.165, 1.54) is 77.0 Å². The highest BCUT2D eigenvalue weighted by atomic mass is 16.6. The molecule has 3 rings (SSSR count). The van der Waals surface area contributed by atoms with E-state index in [1.807, 2.05) is 41.5 Å². The molecule has 0 radical (unpaired) electrons. The van der Waals surface area contributed by atoms with Gasteiger partial charge in [0.15, 0.2) is 0 Å². The average Bonchev–Trinajstić information content (AvgIpc) is 3.08. The van der Waals surface area contributed by atoms with Gasteiger partial charge in [-0.25, -0.2) is 0 Å². The van der Waals surface area contributed by atoms with Gasteiger partial charge < -0.3 is 18.9 Å². The van der Waals surface area contributed by atoms with E-state index in [4.69, 9.17) is 18.9 Å². The smallest absolute Gasteiger partial charge is 0.306 e. The maximum Gasteiger partial charge on any atom is 0.306 e. The van der Waals surface area contributed by atoms with Crippen molar-refractivity contribution in [2.45, 2.75) is 181 Å². The molecule has 3 aromatic rings. The summed E-state index contributed by atoms with van der Waals surface area (Å²) in [6, 6.07) is 17.0. The fourth-order valence-corrected chi connectivity index (χ4v) is 6.71. The molecule has 0 N–H and O–H groups in total. The lowest BCUT2D eigenvalue weighted by molar-refractivity contribution is -0.156. The molecule has 0 aromatic heterocycles. The lowest BCUT2D eigenvalue weighted by Crippen LogP contribution is -2.23. The first-order chi connectivity index (χ1) is 24.9. The summed E-state index contributed by atoms with van der Waals surface area (Å²) in [5, 5.41) is 4.48. The van der Waals surface area contributed by atoms with Crippen LogP contribution in [0, 0.1) is 0 Å². The van der Waals surface area contributed by atoms with Crippen molar-refractivity contribution in [3.63, 3.8) is 0 Å². The summed E-state index contributed by atoms with van der Waals surface area (Å²) in [6.07, 6.45) is 21.9. The summed E-state index contributed by atoms with van der Waals surface area (Å²) >= 11 is 0. The lowest BCUT2D eigenvalue weighted by Gasteiger charge is -2.19. The number of carbonyl (C=O) groups excluding carboxylic acids is 2. The van der Waals surface area contributed by atoms with Crippen molar-refractivity contribution in [2.75, 3.05) is 13.2 Å². The predicted molar refractivity (Wildman–Crippen MR) is 216 cm³/mol. The van der Waals surface area contributed by atoms with E-state index >= 15 is 0 Å². The first-order valence-corrected chi connectivity index (χ1v) is 20.6. The summed E-state index contributed by atoms with van der Waals surface area (Å²) < 4.78 is 23.9. The van der Waals surface area contributed by atoms with Gasteiger partial charge in [0.25, 0.3) is 0 Å². The van der Waals surface area contributed by atoms with Crippen LogP contribution in [0.25, 0.3) is 21.5 Å². The lowest BCUT2D eigenvalue weighted by atomic mass is 10.0. The van der Waals surface area contributed by atoms with Gasteiger partial charge in [-0.05, 0) is 67.2 Å². The number of unbranched alkanes of at least 4 members (excludes halogenated alkanes) is 16. The maximum atomic E-state index is 11.8. The van der Waals surface area contributed by atoms with Crippen LogP contribution in [0.1, 0.15) is 170 Å². The molecule has 52 heavy (non-hydrogen) atoms. The number of fused-ring (bicyclic) bond motifs is 2. The van der Waals surface area contributed by atoms with Crippen LogP contribution in [-0.4, -0.2) is 36.4 Å². The molecule has 290 valence electrons. The summed E-state index contributed by atoms with van der Waals surface area (Å²) in [6.45, 7) is 12.9. The molecule has 0 fully saturated rings. The maximum absolute atomic E-state index is 11.8. The van der Waals surface area contributed by atoms with Gasteiger partial charge in [0.2, 0.25) is 0 Å². The number of benzene rings is 3. The molecule has 0 saturated heterocycles. The van der Waals surface area contributed by atoms with Crippen molar-refractivity contribution in [3.05, 3.63) is 48.5 Å². The van der Waals surface area contributed by atoms with Crippen LogP contribution in [0.2, 0.25) is 0 Å². The minimum Gasteiger partial charge on any atom is -0.492 e. The van der Waals surface area contributed by atoms with E-state index in [0.717, 1.165) is 71.6 Å². The molecule has 0 aliphatic heterocycles. The van der Waals surface area contributed by atoms with E-state index in [1.54, 1.807) is 0 Å². The standard InChI is InChI=1S/C46H70O6/c1-45(2,3)51-41(47)33-21-17-13-9-7-11-15-19-27-35-49-43-37-29-23-25-31-39(37)44(40-32-26-24-30-38(40)43)50-36-28-20-16-12-8-10-14-18-22-34-42(48)52-46(4,5)6/h23-26,29-32H,7-22,27-28,33-36H2,1-6H3. The Kier molecular flexibility index (Phi) is 19.4. The van der Waals surface area contributed by atoms with E-state index in [9.17, 15) is 9.59 Å². The average molecular weight is 719 g/mol. The van der Waals surface area contributed by atoms with Crippen molar-refractivity contribution < 1.29 is 28.5 Å². The van der Waals surface area contributed by atoms with Gasteiger partial charge in [0, 0.05) is 34.4 Å². The molecule has 0 heterocycles. The zero-order valence-corrected chi connectivity index (χ0v) is 33.6. The van der Waals surface area contributed by atoms with E-state index < -0.39 is 0 Å². The Hall–Kier alpha value is -3.28. The van der Waals surface area contributed by atoms with Gasteiger partial charge >= 0.3 is 11.9 Å². The number of ether oxygens (including phenoxy) is 4. The van der Waals surface area contributed by atoms with Crippen LogP contribution in [0.15, 0.2) is 48.5 Å². The molecule has 0 bridgehead atoms. The first-order valence-electron chi connectivity index (χ1n) is 20.6. The Morgan fingerprint density at radius 2 is 0.654 bits per heavy atom. The molecule has 0 unspecified atom stereocenters. The SMILES string of the molecule is CC(C)(C)OC(=O)CCCCCCCCCCCOc1c2ccccc2c(OCCCCCCCCCCCC(=O)OC(C)(C)C)c2ccccc12. The van der Waals surface area contributed by atoms with Gasteiger partial charge in [-0.15, -0.1) is 0 Å². The van der Waals surface area contributed by atoms with Crippen LogP contribution in [0.3, 0.4) is 0 Å². The van der Waals surface area contributed by atoms with Crippen LogP contribution < -0.4 is 9.47 Å². The summed E-state index contributed by atoms with van der Waals surface area (Å²) in [7, 11) is 0. The zero-order chi connectivity index (χ0) is 37.7. The molecule has 0 saturated carbocycles. The largest absolute Gasteiger partial charge is 0.492 e. The minimum absolute atomic E-state index is 0.0774. The highest BCUT2D eigenvalue weighted by Gasteiger charge is 2.18. The van der Waals surface area contributed by atoms with Gasteiger partial charge in [-0.2, -0.15) is 0 Å². The molecule has 0 spiro atoms. The number of carbonyl (C=O) groups is 2. The molecule has 6 heteroatoms. The van der Waals surface area contributed by atoms with Crippen LogP contribution in [-0.2, 0) is 19.1 Å². The molecular weight excluding hydrogens is 649 g/mol. The monoisotopic (exact) mass is 719 g/mol. The molecule has 0 aliphatic rings. The summed E-state index contributed by atoms with van der Waals surface area (Å²) in [5.41, 5.74) is -0.778. The van der Waals surface area contributed by atoms with Crippen molar-refractivity contribution in [2.24, 2.45) is 0 Å². The van der Waals surface area contributed by atoms with Crippen molar-refractivity contribution >= 4 is 33.5 Å². The quantitative estimate of drug-likeness (QED) is 0.0467. The van der Waals surface area contributed by atoms with Crippen molar-refractivity contribution in [1.82, 2.24) is 0 Å². The number of esters is 2. The number of hydrogen-bond acceptors (Lipinski definition) is 6. The molecule has 3 aromatic carbocycles. The van der Waals surface area contributed by atoms with Crippen molar-refractivity contribution in [3.8, 4) is 11.5 Å². The normalized spacial score (nSPS) is 12.0. The third-order valence-electron chi connectivity index (χ3n) is 9.22. The second kappa shape index (κ2) is 23.4. The third kappa shape index (κ3) is 17.5.